The fourth-order valence-electron chi connectivity index (χ4n) is 4.11. The largest absolute Gasteiger partial charge is 0.395 e. The minimum Gasteiger partial charge on any atom is -0.395 e. The van der Waals surface area contributed by atoms with E-state index in [1.54, 1.807) is 0 Å². The Morgan fingerprint density at radius 3 is 2.53 bits per heavy atom. The van der Waals surface area contributed by atoms with Crippen LogP contribution >= 0.6 is 0 Å². The number of likely N-dealkylation sites (tertiary alicyclic amines) is 1. The zero-order valence-corrected chi connectivity index (χ0v) is 12.4. The predicted octanol–water partition coefficient (Wildman–Crippen LogP) is 1.86. The van der Waals surface area contributed by atoms with Gasteiger partial charge in [0, 0.05) is 31.7 Å². The van der Waals surface area contributed by atoms with Gasteiger partial charge in [-0.25, -0.2) is 0 Å². The first-order valence-electron chi connectivity index (χ1n) is 8.33. The molecule has 0 aromatic carbocycles. The molecule has 1 saturated heterocycles. The lowest BCUT2D eigenvalue weighted by Crippen LogP contribution is -2.55. The Morgan fingerprint density at radius 1 is 1.11 bits per heavy atom. The first-order chi connectivity index (χ1) is 9.24. The van der Waals surface area contributed by atoms with E-state index in [4.69, 9.17) is 5.11 Å². The average molecular weight is 266 g/mol. The molecule has 2 aliphatic carbocycles. The SMILES string of the molecule is CC1CC(N2CC(CC3CC3)CC(NCCO)C2)C1. The highest BCUT2D eigenvalue weighted by molar-refractivity contribution is 4.93. The van der Waals surface area contributed by atoms with Crippen LogP contribution in [-0.2, 0) is 0 Å². The average Bonchev–Trinajstić information content (AvgIpc) is 3.16. The Kier molecular flexibility index (Phi) is 4.45. The number of rotatable bonds is 6. The molecule has 0 bridgehead atoms. The molecule has 0 radical (unpaired) electrons. The molecular formula is C16H30N2O. The van der Waals surface area contributed by atoms with Gasteiger partial charge in [0.05, 0.1) is 6.61 Å². The lowest BCUT2D eigenvalue weighted by molar-refractivity contribution is 0.0301. The van der Waals surface area contributed by atoms with Gasteiger partial charge in [0.15, 0.2) is 0 Å². The van der Waals surface area contributed by atoms with Gasteiger partial charge >= 0.3 is 0 Å². The molecule has 0 aromatic rings. The van der Waals surface area contributed by atoms with Crippen LogP contribution in [-0.4, -0.2) is 48.3 Å². The molecule has 0 amide bonds. The van der Waals surface area contributed by atoms with Crippen LogP contribution in [0.15, 0.2) is 0 Å². The molecule has 19 heavy (non-hydrogen) atoms. The summed E-state index contributed by atoms with van der Waals surface area (Å²) in [5.74, 6) is 2.88. The molecule has 1 aliphatic heterocycles. The van der Waals surface area contributed by atoms with Crippen molar-refractivity contribution in [1.29, 1.82) is 0 Å². The van der Waals surface area contributed by atoms with Gasteiger partial charge < -0.3 is 10.4 Å². The van der Waals surface area contributed by atoms with E-state index in [9.17, 15) is 0 Å². The van der Waals surface area contributed by atoms with Crippen molar-refractivity contribution in [3.63, 3.8) is 0 Å². The maximum atomic E-state index is 9.01. The van der Waals surface area contributed by atoms with Gasteiger partial charge in [-0.2, -0.15) is 0 Å². The number of piperidine rings is 1. The van der Waals surface area contributed by atoms with Crippen LogP contribution in [0.25, 0.3) is 0 Å². The second-order valence-corrected chi connectivity index (χ2v) is 7.34. The molecule has 1 heterocycles. The van der Waals surface area contributed by atoms with Crippen molar-refractivity contribution in [3.8, 4) is 0 Å². The minimum atomic E-state index is 0.268. The molecule has 2 saturated carbocycles. The number of aliphatic hydroxyl groups excluding tert-OH is 1. The lowest BCUT2D eigenvalue weighted by atomic mass is 9.78. The van der Waals surface area contributed by atoms with E-state index in [1.807, 2.05) is 0 Å². The second kappa shape index (κ2) is 6.11. The van der Waals surface area contributed by atoms with Crippen LogP contribution in [0.4, 0.5) is 0 Å². The topological polar surface area (TPSA) is 35.5 Å². The van der Waals surface area contributed by atoms with Gasteiger partial charge in [0.2, 0.25) is 0 Å². The summed E-state index contributed by atoms with van der Waals surface area (Å²) < 4.78 is 0. The van der Waals surface area contributed by atoms with Crippen LogP contribution in [0.2, 0.25) is 0 Å². The van der Waals surface area contributed by atoms with Gasteiger partial charge in [0.1, 0.15) is 0 Å². The molecule has 2 atom stereocenters. The summed E-state index contributed by atoms with van der Waals surface area (Å²) in [4.78, 5) is 2.76. The highest BCUT2D eigenvalue weighted by Gasteiger charge is 2.37. The van der Waals surface area contributed by atoms with Crippen molar-refractivity contribution < 1.29 is 5.11 Å². The zero-order valence-electron chi connectivity index (χ0n) is 12.4. The fourth-order valence-corrected chi connectivity index (χ4v) is 4.11. The highest BCUT2D eigenvalue weighted by atomic mass is 16.3. The third-order valence-electron chi connectivity index (χ3n) is 5.34. The van der Waals surface area contributed by atoms with Crippen molar-refractivity contribution in [2.24, 2.45) is 17.8 Å². The Bertz CT molecular complexity index is 286. The van der Waals surface area contributed by atoms with E-state index in [-0.39, 0.29) is 6.61 Å². The molecule has 3 heteroatoms. The van der Waals surface area contributed by atoms with Crippen LogP contribution in [0.1, 0.15) is 45.4 Å². The van der Waals surface area contributed by atoms with Crippen LogP contribution in [0.3, 0.4) is 0 Å². The van der Waals surface area contributed by atoms with Gasteiger partial charge in [0.25, 0.3) is 0 Å². The van der Waals surface area contributed by atoms with Crippen LogP contribution in [0.5, 0.6) is 0 Å². The van der Waals surface area contributed by atoms with Crippen LogP contribution < -0.4 is 5.32 Å². The van der Waals surface area contributed by atoms with Crippen LogP contribution in [0, 0.1) is 17.8 Å². The first kappa shape index (κ1) is 13.8. The summed E-state index contributed by atoms with van der Waals surface area (Å²) in [7, 11) is 0. The van der Waals surface area contributed by atoms with Crippen molar-refractivity contribution in [1.82, 2.24) is 10.2 Å². The highest BCUT2D eigenvalue weighted by Crippen LogP contribution is 2.40. The summed E-state index contributed by atoms with van der Waals surface area (Å²) in [5, 5.41) is 12.6. The Hall–Kier alpha value is -0.120. The monoisotopic (exact) mass is 266 g/mol. The van der Waals surface area contributed by atoms with E-state index >= 15 is 0 Å². The second-order valence-electron chi connectivity index (χ2n) is 7.34. The summed E-state index contributed by atoms with van der Waals surface area (Å²) in [6, 6.07) is 1.47. The number of hydrogen-bond donors (Lipinski definition) is 2. The molecule has 2 unspecified atom stereocenters. The quantitative estimate of drug-likeness (QED) is 0.770. The third kappa shape index (κ3) is 3.71. The first-order valence-corrected chi connectivity index (χ1v) is 8.33. The van der Waals surface area contributed by atoms with E-state index in [1.165, 1.54) is 51.6 Å². The zero-order chi connectivity index (χ0) is 13.2. The molecule has 3 aliphatic rings. The molecule has 3 fully saturated rings. The van der Waals surface area contributed by atoms with E-state index in [0.717, 1.165) is 30.3 Å². The molecule has 110 valence electrons. The predicted molar refractivity (Wildman–Crippen MR) is 78.1 cm³/mol. The molecule has 0 aromatic heterocycles. The number of nitrogens with one attached hydrogen (secondary N) is 1. The Balaban J connectivity index is 1.53. The summed E-state index contributed by atoms with van der Waals surface area (Å²) in [6.45, 7) is 5.95. The van der Waals surface area contributed by atoms with Gasteiger partial charge in [-0.15, -0.1) is 0 Å². The van der Waals surface area contributed by atoms with Crippen molar-refractivity contribution >= 4 is 0 Å². The van der Waals surface area contributed by atoms with E-state index < -0.39 is 0 Å². The number of aliphatic hydroxyl groups is 1. The molecule has 3 nitrogen and oxygen atoms in total. The van der Waals surface area contributed by atoms with Crippen molar-refractivity contribution in [3.05, 3.63) is 0 Å². The molecule has 0 spiro atoms. The molecular weight excluding hydrogens is 236 g/mol. The smallest absolute Gasteiger partial charge is 0.0556 e. The third-order valence-corrected chi connectivity index (χ3v) is 5.34. The maximum Gasteiger partial charge on any atom is 0.0556 e. The summed E-state index contributed by atoms with van der Waals surface area (Å²) in [6.07, 6.45) is 8.55. The standard InChI is InChI=1S/C16H30N2O/c1-12-6-16(7-12)18-10-14(8-13-2-3-13)9-15(11-18)17-4-5-19/h12-17,19H,2-11H2,1H3. The normalized spacial score (nSPS) is 40.1. The van der Waals surface area contributed by atoms with Gasteiger partial charge in [-0.1, -0.05) is 19.8 Å². The minimum absolute atomic E-state index is 0.268. The Morgan fingerprint density at radius 2 is 1.89 bits per heavy atom. The summed E-state index contributed by atoms with van der Waals surface area (Å²) >= 11 is 0. The van der Waals surface area contributed by atoms with E-state index in [0.29, 0.717) is 6.04 Å². The Labute approximate surface area is 117 Å². The van der Waals surface area contributed by atoms with Crippen molar-refractivity contribution in [2.75, 3.05) is 26.2 Å². The molecule has 2 N–H and O–H groups in total. The molecule has 3 rings (SSSR count). The lowest BCUT2D eigenvalue weighted by Gasteiger charge is -2.48. The van der Waals surface area contributed by atoms with Crippen molar-refractivity contribution in [2.45, 2.75) is 57.5 Å². The fraction of sp³-hybridized carbons (Fsp3) is 1.00. The maximum absolute atomic E-state index is 9.01. The van der Waals surface area contributed by atoms with E-state index in [2.05, 4.69) is 17.1 Å². The number of hydrogen-bond acceptors (Lipinski definition) is 3. The number of nitrogens with zero attached hydrogens (tertiary/aromatic N) is 1. The van der Waals surface area contributed by atoms with Gasteiger partial charge in [-0.05, 0) is 43.4 Å². The van der Waals surface area contributed by atoms with Gasteiger partial charge in [-0.3, -0.25) is 4.90 Å². The summed E-state index contributed by atoms with van der Waals surface area (Å²) in [5.41, 5.74) is 0.